The van der Waals surface area contributed by atoms with Crippen molar-refractivity contribution in [2.45, 2.75) is 38.8 Å². The molecule has 2 aliphatic rings. The lowest BCUT2D eigenvalue weighted by Crippen LogP contribution is -2.42. The number of nitrogens with one attached hydrogen (secondary N) is 2. The average Bonchev–Trinajstić information content (AvgIpc) is 2.67. The Hall–Kier alpha value is -2.33. The van der Waals surface area contributed by atoms with Gasteiger partial charge in [-0.3, -0.25) is 0 Å². The molecule has 2 aromatic rings. The van der Waals surface area contributed by atoms with Crippen LogP contribution in [0.1, 0.15) is 57.5 Å². The minimum Gasteiger partial charge on any atom is -0.465 e. The van der Waals surface area contributed by atoms with Crippen LogP contribution in [0, 0.1) is 19.8 Å². The number of anilines is 1. The highest BCUT2D eigenvalue weighted by atomic mass is 16.5. The van der Waals surface area contributed by atoms with Crippen molar-refractivity contribution in [3.8, 4) is 0 Å². The van der Waals surface area contributed by atoms with Crippen molar-refractivity contribution in [2.24, 2.45) is 5.92 Å². The molecule has 0 saturated carbocycles. The molecule has 3 atom stereocenters. The number of hydrogen-bond donors (Lipinski definition) is 2. The van der Waals surface area contributed by atoms with Gasteiger partial charge in [-0.05, 0) is 68.1 Å². The highest BCUT2D eigenvalue weighted by molar-refractivity contribution is 5.89. The van der Waals surface area contributed by atoms with Crippen molar-refractivity contribution in [3.63, 3.8) is 0 Å². The Morgan fingerprint density at radius 1 is 1.08 bits per heavy atom. The molecule has 4 rings (SSSR count). The highest BCUT2D eigenvalue weighted by Crippen LogP contribution is 2.47. The van der Waals surface area contributed by atoms with Crippen LogP contribution in [-0.2, 0) is 4.74 Å². The first kappa shape index (κ1) is 17.1. The van der Waals surface area contributed by atoms with E-state index in [0.29, 0.717) is 17.5 Å². The third-order valence-corrected chi connectivity index (χ3v) is 5.81. The Labute approximate surface area is 155 Å². The number of rotatable bonds is 2. The number of esters is 1. The molecule has 0 aromatic heterocycles. The van der Waals surface area contributed by atoms with E-state index in [4.69, 9.17) is 4.74 Å². The van der Waals surface area contributed by atoms with E-state index in [2.05, 4.69) is 48.7 Å². The molecule has 2 aromatic carbocycles. The number of benzene rings is 2. The fraction of sp³-hybridized carbons (Fsp3) is 0.409. The molecule has 2 N–H and O–H groups in total. The number of carbonyl (C=O) groups is 1. The van der Waals surface area contributed by atoms with E-state index in [1.165, 1.54) is 42.3 Å². The summed E-state index contributed by atoms with van der Waals surface area (Å²) in [7, 11) is 1.42. The predicted molar refractivity (Wildman–Crippen MR) is 104 cm³/mol. The van der Waals surface area contributed by atoms with Gasteiger partial charge in [0.2, 0.25) is 0 Å². The van der Waals surface area contributed by atoms with E-state index in [1.807, 2.05) is 12.1 Å². The summed E-state index contributed by atoms with van der Waals surface area (Å²) in [5, 5.41) is 7.54. The standard InChI is InChI=1S/C22H26N2O2/c1-13-6-9-19-18(11-13)20-17(5-4-10-23-20)21(24-19)16-8-7-15(12-14(16)2)22(25)26-3/h6-9,11-12,17,20-21,23-24H,4-5,10H2,1-3H3/t17-,20+,21-/m0/s1. The summed E-state index contributed by atoms with van der Waals surface area (Å²) in [5.74, 6) is 0.218. The third kappa shape index (κ3) is 2.88. The molecule has 4 nitrogen and oxygen atoms in total. The zero-order valence-corrected chi connectivity index (χ0v) is 15.6. The molecule has 0 aliphatic carbocycles. The summed E-state index contributed by atoms with van der Waals surface area (Å²) < 4.78 is 4.86. The third-order valence-electron chi connectivity index (χ3n) is 5.81. The van der Waals surface area contributed by atoms with E-state index in [1.54, 1.807) is 0 Å². The molecule has 0 radical (unpaired) electrons. The van der Waals surface area contributed by atoms with E-state index in [-0.39, 0.29) is 12.0 Å². The summed E-state index contributed by atoms with van der Waals surface area (Å²) in [4.78, 5) is 11.8. The fourth-order valence-corrected chi connectivity index (χ4v) is 4.54. The monoisotopic (exact) mass is 350 g/mol. The van der Waals surface area contributed by atoms with Crippen molar-refractivity contribution in [3.05, 3.63) is 64.2 Å². The molecule has 1 saturated heterocycles. The smallest absolute Gasteiger partial charge is 0.337 e. The van der Waals surface area contributed by atoms with Crippen LogP contribution < -0.4 is 10.6 Å². The first-order chi connectivity index (χ1) is 12.6. The van der Waals surface area contributed by atoms with Gasteiger partial charge in [0.15, 0.2) is 0 Å². The molecule has 2 heterocycles. The van der Waals surface area contributed by atoms with E-state index in [0.717, 1.165) is 12.1 Å². The van der Waals surface area contributed by atoms with Crippen LogP contribution >= 0.6 is 0 Å². The molecular weight excluding hydrogens is 324 g/mol. The summed E-state index contributed by atoms with van der Waals surface area (Å²) in [6, 6.07) is 13.2. The van der Waals surface area contributed by atoms with Crippen LogP contribution in [0.15, 0.2) is 36.4 Å². The van der Waals surface area contributed by atoms with E-state index >= 15 is 0 Å². The van der Waals surface area contributed by atoms with Gasteiger partial charge < -0.3 is 15.4 Å². The SMILES string of the molecule is COC(=O)c1ccc([C@@H]2Nc3ccc(C)cc3[C@@H]3NCCC[C@H]23)c(C)c1. The molecular formula is C22H26N2O2. The second-order valence-electron chi connectivity index (χ2n) is 7.51. The molecule has 4 heteroatoms. The van der Waals surface area contributed by atoms with E-state index in [9.17, 15) is 4.79 Å². The lowest BCUT2D eigenvalue weighted by atomic mass is 9.74. The molecule has 136 valence electrons. The molecule has 0 spiro atoms. The minimum absolute atomic E-state index is 0.245. The molecule has 1 fully saturated rings. The van der Waals surface area contributed by atoms with Gasteiger partial charge >= 0.3 is 5.97 Å². The Morgan fingerprint density at radius 2 is 1.92 bits per heavy atom. The topological polar surface area (TPSA) is 50.4 Å². The average molecular weight is 350 g/mol. The van der Waals surface area contributed by atoms with Crippen LogP contribution in [0.2, 0.25) is 0 Å². The first-order valence-corrected chi connectivity index (χ1v) is 9.38. The number of hydrogen-bond acceptors (Lipinski definition) is 4. The summed E-state index contributed by atoms with van der Waals surface area (Å²) >= 11 is 0. The quantitative estimate of drug-likeness (QED) is 0.793. The van der Waals surface area contributed by atoms with Gasteiger partial charge in [0.25, 0.3) is 0 Å². The lowest BCUT2D eigenvalue weighted by molar-refractivity contribution is 0.0600. The Balaban J connectivity index is 1.74. The van der Waals surface area contributed by atoms with Crippen molar-refractivity contribution >= 4 is 11.7 Å². The van der Waals surface area contributed by atoms with Gasteiger partial charge in [-0.1, -0.05) is 23.8 Å². The predicted octanol–water partition coefficient (Wildman–Crippen LogP) is 4.30. The van der Waals surface area contributed by atoms with Crippen molar-refractivity contribution in [2.75, 3.05) is 19.0 Å². The minimum atomic E-state index is -0.283. The van der Waals surface area contributed by atoms with Crippen molar-refractivity contribution in [1.82, 2.24) is 5.32 Å². The number of aryl methyl sites for hydroxylation is 2. The molecule has 0 bridgehead atoms. The first-order valence-electron chi connectivity index (χ1n) is 9.38. The molecule has 0 unspecified atom stereocenters. The zero-order valence-electron chi connectivity index (χ0n) is 15.6. The maximum atomic E-state index is 11.8. The number of piperidine rings is 1. The number of ether oxygens (including phenoxy) is 1. The maximum absolute atomic E-state index is 11.8. The van der Waals surface area contributed by atoms with Crippen LogP contribution in [0.25, 0.3) is 0 Å². The number of carbonyl (C=O) groups excluding carboxylic acids is 1. The maximum Gasteiger partial charge on any atom is 0.337 e. The van der Waals surface area contributed by atoms with Gasteiger partial charge in [0.05, 0.1) is 18.7 Å². The van der Waals surface area contributed by atoms with E-state index < -0.39 is 0 Å². The van der Waals surface area contributed by atoms with Gasteiger partial charge in [-0.25, -0.2) is 4.79 Å². The number of methoxy groups -OCH3 is 1. The molecule has 2 aliphatic heterocycles. The van der Waals surface area contributed by atoms with Gasteiger partial charge in [-0.2, -0.15) is 0 Å². The summed E-state index contributed by atoms with van der Waals surface area (Å²) in [6.45, 7) is 5.31. The second kappa shape index (κ2) is 6.76. The zero-order chi connectivity index (χ0) is 18.3. The lowest BCUT2D eigenvalue weighted by Gasteiger charge is -2.44. The van der Waals surface area contributed by atoms with Crippen LogP contribution in [0.4, 0.5) is 5.69 Å². The Kier molecular flexibility index (Phi) is 4.45. The highest BCUT2D eigenvalue weighted by Gasteiger charge is 2.39. The van der Waals surface area contributed by atoms with Crippen LogP contribution in [-0.4, -0.2) is 19.6 Å². The van der Waals surface area contributed by atoms with Crippen molar-refractivity contribution in [1.29, 1.82) is 0 Å². The Morgan fingerprint density at radius 3 is 2.69 bits per heavy atom. The normalized spacial score (nSPS) is 24.2. The van der Waals surface area contributed by atoms with Crippen molar-refractivity contribution < 1.29 is 9.53 Å². The fourth-order valence-electron chi connectivity index (χ4n) is 4.54. The summed E-state index contributed by atoms with van der Waals surface area (Å²) in [6.07, 6.45) is 2.39. The van der Waals surface area contributed by atoms with Gasteiger partial charge in [-0.15, -0.1) is 0 Å². The largest absolute Gasteiger partial charge is 0.465 e. The van der Waals surface area contributed by atoms with Gasteiger partial charge in [0.1, 0.15) is 0 Å². The van der Waals surface area contributed by atoms with Crippen LogP contribution in [0.5, 0.6) is 0 Å². The molecule has 0 amide bonds. The van der Waals surface area contributed by atoms with Gasteiger partial charge in [0, 0.05) is 17.6 Å². The molecule has 26 heavy (non-hydrogen) atoms. The Bertz CT molecular complexity index is 846. The second-order valence-corrected chi connectivity index (χ2v) is 7.51. The number of fused-ring (bicyclic) bond motifs is 3. The summed E-state index contributed by atoms with van der Waals surface area (Å²) in [5.41, 5.74) is 6.91. The van der Waals surface area contributed by atoms with Crippen LogP contribution in [0.3, 0.4) is 0 Å².